The van der Waals surface area contributed by atoms with E-state index in [0.717, 1.165) is 10.5 Å². The lowest BCUT2D eigenvalue weighted by Gasteiger charge is -2.24. The van der Waals surface area contributed by atoms with Gasteiger partial charge in [-0.05, 0) is 12.0 Å². The van der Waals surface area contributed by atoms with Crippen molar-refractivity contribution < 1.29 is 24.6 Å². The number of carboxylic acid groups (broad SMARTS) is 2. The fourth-order valence-electron chi connectivity index (χ4n) is 1.87. The third kappa shape index (κ3) is 5.52. The minimum atomic E-state index is -1.26. The normalized spacial score (nSPS) is 11.5. The number of hydrogen-bond donors (Lipinski definition) is 3. The van der Waals surface area contributed by atoms with E-state index in [1.807, 2.05) is 37.3 Å². The maximum atomic E-state index is 12.0. The van der Waals surface area contributed by atoms with Crippen molar-refractivity contribution >= 4 is 18.0 Å². The minimum absolute atomic E-state index is 0.302. The van der Waals surface area contributed by atoms with Crippen LogP contribution >= 0.6 is 0 Å². The number of benzene rings is 1. The largest absolute Gasteiger partial charge is 0.480 e. The van der Waals surface area contributed by atoms with Crippen molar-refractivity contribution in [3.63, 3.8) is 0 Å². The molecule has 0 saturated carbocycles. The molecule has 0 aliphatic carbocycles. The number of carbonyl (C=O) groups excluding carboxylic acids is 1. The van der Waals surface area contributed by atoms with Gasteiger partial charge < -0.3 is 20.4 Å². The minimum Gasteiger partial charge on any atom is -0.480 e. The Balaban J connectivity index is 2.78. The van der Waals surface area contributed by atoms with Gasteiger partial charge in [-0.3, -0.25) is 9.59 Å². The molecule has 0 bridgehead atoms. The number of carboxylic acids is 2. The number of amides is 2. The van der Waals surface area contributed by atoms with E-state index in [1.165, 1.54) is 0 Å². The van der Waals surface area contributed by atoms with E-state index in [-0.39, 0.29) is 6.04 Å². The molecule has 2 amide bonds. The summed E-state index contributed by atoms with van der Waals surface area (Å²) in [6.07, 6.45) is 0.601. The number of hydrogen-bond acceptors (Lipinski definition) is 3. The average Bonchev–Trinajstić information content (AvgIpc) is 2.43. The molecule has 114 valence electrons. The summed E-state index contributed by atoms with van der Waals surface area (Å²) < 4.78 is 0. The molecule has 0 aliphatic heterocycles. The molecule has 0 heterocycles. The lowest BCUT2D eigenvalue weighted by atomic mass is 10.1. The van der Waals surface area contributed by atoms with Crippen molar-refractivity contribution in [2.45, 2.75) is 19.4 Å². The molecule has 0 saturated heterocycles. The molecule has 1 unspecified atom stereocenters. The third-order valence-corrected chi connectivity index (χ3v) is 2.85. The molecule has 1 atom stereocenters. The second-order valence-corrected chi connectivity index (χ2v) is 4.46. The van der Waals surface area contributed by atoms with Crippen LogP contribution in [0.1, 0.15) is 24.9 Å². The molecule has 7 heteroatoms. The van der Waals surface area contributed by atoms with Gasteiger partial charge >= 0.3 is 18.0 Å². The zero-order valence-electron chi connectivity index (χ0n) is 11.7. The molecule has 1 aromatic carbocycles. The summed E-state index contributed by atoms with van der Waals surface area (Å²) in [5, 5.41) is 20.1. The number of carbonyl (C=O) groups is 3. The predicted octanol–water partition coefficient (Wildman–Crippen LogP) is 1.32. The highest BCUT2D eigenvalue weighted by atomic mass is 16.4. The Morgan fingerprint density at radius 1 is 1.10 bits per heavy atom. The summed E-state index contributed by atoms with van der Waals surface area (Å²) >= 11 is 0. The molecule has 7 nitrogen and oxygen atoms in total. The Kier molecular flexibility index (Phi) is 6.19. The van der Waals surface area contributed by atoms with Crippen LogP contribution < -0.4 is 5.32 Å². The SMILES string of the molecule is CCC(NC(=O)N(CC(=O)O)CC(=O)O)c1ccccc1. The van der Waals surface area contributed by atoms with Gasteiger partial charge in [0, 0.05) is 0 Å². The van der Waals surface area contributed by atoms with E-state index in [0.29, 0.717) is 6.42 Å². The van der Waals surface area contributed by atoms with E-state index in [4.69, 9.17) is 10.2 Å². The zero-order valence-corrected chi connectivity index (χ0v) is 11.7. The maximum absolute atomic E-state index is 12.0. The van der Waals surface area contributed by atoms with Gasteiger partial charge in [-0.1, -0.05) is 37.3 Å². The first-order chi connectivity index (χ1) is 9.93. The van der Waals surface area contributed by atoms with Gasteiger partial charge in [-0.2, -0.15) is 0 Å². The van der Waals surface area contributed by atoms with Gasteiger partial charge in [0.2, 0.25) is 0 Å². The summed E-state index contributed by atoms with van der Waals surface area (Å²) in [4.78, 5) is 34.2. The Morgan fingerprint density at radius 3 is 2.05 bits per heavy atom. The molecule has 21 heavy (non-hydrogen) atoms. The molecule has 1 aromatic rings. The first-order valence-corrected chi connectivity index (χ1v) is 6.48. The van der Waals surface area contributed by atoms with E-state index in [1.54, 1.807) is 0 Å². The van der Waals surface area contributed by atoms with Crippen LogP contribution in [0.4, 0.5) is 4.79 Å². The highest BCUT2D eigenvalue weighted by Crippen LogP contribution is 2.16. The number of nitrogens with zero attached hydrogens (tertiary/aromatic N) is 1. The monoisotopic (exact) mass is 294 g/mol. The molecule has 0 fully saturated rings. The number of aliphatic carboxylic acids is 2. The standard InChI is InChI=1S/C14H18N2O5/c1-2-11(10-6-4-3-5-7-10)15-14(21)16(8-12(17)18)9-13(19)20/h3-7,11H,2,8-9H2,1H3,(H,15,21)(H,17,18)(H,19,20). The molecule has 0 aromatic heterocycles. The first-order valence-electron chi connectivity index (χ1n) is 6.48. The van der Waals surface area contributed by atoms with Crippen molar-refractivity contribution in [2.75, 3.05) is 13.1 Å². The summed E-state index contributed by atoms with van der Waals surface area (Å²) in [5.74, 6) is -2.53. The lowest BCUT2D eigenvalue weighted by molar-refractivity contribution is -0.140. The summed E-state index contributed by atoms with van der Waals surface area (Å²) in [7, 11) is 0. The van der Waals surface area contributed by atoms with Crippen LogP contribution in [0, 0.1) is 0 Å². The van der Waals surface area contributed by atoms with E-state index >= 15 is 0 Å². The highest BCUT2D eigenvalue weighted by molar-refractivity contribution is 5.84. The molecular formula is C14H18N2O5. The van der Waals surface area contributed by atoms with E-state index in [9.17, 15) is 14.4 Å². The van der Waals surface area contributed by atoms with Crippen molar-refractivity contribution in [3.8, 4) is 0 Å². The predicted molar refractivity (Wildman–Crippen MR) is 74.9 cm³/mol. The van der Waals surface area contributed by atoms with Crippen molar-refractivity contribution in [3.05, 3.63) is 35.9 Å². The summed E-state index contributed by atoms with van der Waals surface area (Å²) in [6, 6.07) is 8.17. The van der Waals surface area contributed by atoms with E-state index in [2.05, 4.69) is 5.32 Å². The Bertz CT molecular complexity index is 487. The summed E-state index contributed by atoms with van der Waals surface area (Å²) in [6.45, 7) is 0.545. The van der Waals surface area contributed by atoms with Crippen LogP contribution in [0.25, 0.3) is 0 Å². The van der Waals surface area contributed by atoms with Gasteiger partial charge in [0.05, 0.1) is 6.04 Å². The van der Waals surface area contributed by atoms with Crippen LogP contribution in [-0.4, -0.2) is 46.2 Å². The first kappa shape index (κ1) is 16.5. The van der Waals surface area contributed by atoms with Crippen molar-refractivity contribution in [1.29, 1.82) is 0 Å². The second kappa shape index (κ2) is 7.88. The van der Waals surface area contributed by atoms with E-state index < -0.39 is 31.1 Å². The van der Waals surface area contributed by atoms with Crippen LogP contribution in [0.2, 0.25) is 0 Å². The number of urea groups is 1. The Labute approximate surface area is 122 Å². The van der Waals surface area contributed by atoms with Crippen LogP contribution in [0.15, 0.2) is 30.3 Å². The van der Waals surface area contributed by atoms with Gasteiger partial charge in [0.15, 0.2) is 0 Å². The number of rotatable bonds is 7. The van der Waals surface area contributed by atoms with Gasteiger partial charge in [0.25, 0.3) is 0 Å². The van der Waals surface area contributed by atoms with Crippen LogP contribution in [-0.2, 0) is 9.59 Å². The van der Waals surface area contributed by atoms with Crippen LogP contribution in [0.3, 0.4) is 0 Å². The van der Waals surface area contributed by atoms with Gasteiger partial charge in [-0.15, -0.1) is 0 Å². The van der Waals surface area contributed by atoms with Crippen LogP contribution in [0.5, 0.6) is 0 Å². The zero-order chi connectivity index (χ0) is 15.8. The van der Waals surface area contributed by atoms with Gasteiger partial charge in [-0.25, -0.2) is 4.79 Å². The topological polar surface area (TPSA) is 107 Å². The highest BCUT2D eigenvalue weighted by Gasteiger charge is 2.22. The fourth-order valence-corrected chi connectivity index (χ4v) is 1.87. The Morgan fingerprint density at radius 2 is 1.62 bits per heavy atom. The summed E-state index contributed by atoms with van der Waals surface area (Å²) in [5.41, 5.74) is 0.874. The third-order valence-electron chi connectivity index (χ3n) is 2.85. The lowest BCUT2D eigenvalue weighted by Crippen LogP contribution is -2.46. The maximum Gasteiger partial charge on any atom is 0.323 e. The van der Waals surface area contributed by atoms with Crippen molar-refractivity contribution in [2.24, 2.45) is 0 Å². The van der Waals surface area contributed by atoms with Gasteiger partial charge in [0.1, 0.15) is 13.1 Å². The molecule has 0 spiro atoms. The average molecular weight is 294 g/mol. The molecule has 0 radical (unpaired) electrons. The molecule has 3 N–H and O–H groups in total. The smallest absolute Gasteiger partial charge is 0.323 e. The number of nitrogens with one attached hydrogen (secondary N) is 1. The quantitative estimate of drug-likeness (QED) is 0.703. The molecule has 0 aliphatic rings. The Hall–Kier alpha value is -2.57. The second-order valence-electron chi connectivity index (χ2n) is 4.46. The van der Waals surface area contributed by atoms with Crippen molar-refractivity contribution in [1.82, 2.24) is 10.2 Å². The molecule has 1 rings (SSSR count). The fraction of sp³-hybridized carbons (Fsp3) is 0.357. The molecular weight excluding hydrogens is 276 g/mol.